The topological polar surface area (TPSA) is 46.2 Å². The van der Waals surface area contributed by atoms with Gasteiger partial charge in [-0.2, -0.15) is 0 Å². The van der Waals surface area contributed by atoms with E-state index < -0.39 is 6.10 Å². The maximum Gasteiger partial charge on any atom is 0.100 e. The second-order valence-electron chi connectivity index (χ2n) is 3.97. The molecule has 1 aliphatic carbocycles. The molecule has 14 heavy (non-hydrogen) atoms. The van der Waals surface area contributed by atoms with Crippen LogP contribution < -0.4 is 5.73 Å². The highest BCUT2D eigenvalue weighted by molar-refractivity contribution is 7.12. The number of aliphatic hydroxyl groups is 1. The largest absolute Gasteiger partial charge is 0.386 e. The van der Waals surface area contributed by atoms with Crippen molar-refractivity contribution in [3.63, 3.8) is 0 Å². The lowest BCUT2D eigenvalue weighted by atomic mass is 10.1. The van der Waals surface area contributed by atoms with E-state index >= 15 is 0 Å². The van der Waals surface area contributed by atoms with Gasteiger partial charge >= 0.3 is 0 Å². The van der Waals surface area contributed by atoms with Crippen molar-refractivity contribution in [3.8, 4) is 0 Å². The third kappa shape index (κ3) is 2.00. The normalized spacial score (nSPS) is 20.1. The van der Waals surface area contributed by atoms with E-state index in [1.807, 2.05) is 6.07 Å². The van der Waals surface area contributed by atoms with Crippen LogP contribution in [0.3, 0.4) is 0 Å². The standard InChI is InChI=1S/C11H17NOS/c12-7-9(13)11-6-5-10(14-11)8-3-1-2-4-8/h5-6,8-9,13H,1-4,7,12H2. The molecule has 2 rings (SSSR count). The van der Waals surface area contributed by atoms with E-state index in [0.717, 1.165) is 10.8 Å². The SMILES string of the molecule is NCC(O)c1ccc(C2CCCC2)s1. The van der Waals surface area contributed by atoms with E-state index in [4.69, 9.17) is 5.73 Å². The summed E-state index contributed by atoms with van der Waals surface area (Å²) in [7, 11) is 0. The summed E-state index contributed by atoms with van der Waals surface area (Å²) in [5.41, 5.74) is 5.42. The Morgan fingerprint density at radius 3 is 2.79 bits per heavy atom. The van der Waals surface area contributed by atoms with Crippen LogP contribution in [-0.2, 0) is 0 Å². The Balaban J connectivity index is 2.08. The van der Waals surface area contributed by atoms with Crippen molar-refractivity contribution >= 4 is 11.3 Å². The van der Waals surface area contributed by atoms with Crippen molar-refractivity contribution in [1.29, 1.82) is 0 Å². The Bertz CT molecular complexity index is 291. The van der Waals surface area contributed by atoms with Crippen LogP contribution in [0.5, 0.6) is 0 Å². The Morgan fingerprint density at radius 1 is 1.43 bits per heavy atom. The summed E-state index contributed by atoms with van der Waals surface area (Å²) in [5.74, 6) is 0.749. The Hall–Kier alpha value is -0.380. The van der Waals surface area contributed by atoms with Gasteiger partial charge in [0.1, 0.15) is 6.10 Å². The number of rotatable bonds is 3. The summed E-state index contributed by atoms with van der Waals surface area (Å²) in [6, 6.07) is 4.19. The average Bonchev–Trinajstić information content (AvgIpc) is 2.86. The first kappa shape index (κ1) is 10.1. The molecule has 3 N–H and O–H groups in total. The summed E-state index contributed by atoms with van der Waals surface area (Å²) in [6.45, 7) is 0.324. The lowest BCUT2D eigenvalue weighted by Gasteiger charge is -2.06. The minimum atomic E-state index is -0.463. The molecule has 1 unspecified atom stereocenters. The first-order valence-corrected chi connectivity index (χ1v) is 6.10. The summed E-state index contributed by atoms with van der Waals surface area (Å²) < 4.78 is 0. The minimum Gasteiger partial charge on any atom is -0.386 e. The van der Waals surface area contributed by atoms with Gasteiger partial charge in [0.2, 0.25) is 0 Å². The van der Waals surface area contributed by atoms with E-state index in [2.05, 4.69) is 6.07 Å². The van der Waals surface area contributed by atoms with Crippen molar-refractivity contribution in [2.45, 2.75) is 37.7 Å². The first-order valence-electron chi connectivity index (χ1n) is 5.29. The van der Waals surface area contributed by atoms with E-state index in [1.165, 1.54) is 30.6 Å². The smallest absolute Gasteiger partial charge is 0.100 e. The van der Waals surface area contributed by atoms with Gasteiger partial charge in [-0.05, 0) is 30.9 Å². The molecule has 0 bridgehead atoms. The summed E-state index contributed by atoms with van der Waals surface area (Å²) in [6.07, 6.45) is 4.89. The fourth-order valence-corrected chi connectivity index (χ4v) is 3.27. The molecule has 1 aliphatic rings. The number of hydrogen-bond acceptors (Lipinski definition) is 3. The van der Waals surface area contributed by atoms with Crippen molar-refractivity contribution in [2.75, 3.05) is 6.54 Å². The predicted molar refractivity (Wildman–Crippen MR) is 59.5 cm³/mol. The lowest BCUT2D eigenvalue weighted by Crippen LogP contribution is -2.09. The quantitative estimate of drug-likeness (QED) is 0.806. The lowest BCUT2D eigenvalue weighted by molar-refractivity contribution is 0.190. The zero-order valence-corrected chi connectivity index (χ0v) is 9.09. The maximum atomic E-state index is 9.57. The van der Waals surface area contributed by atoms with Crippen LogP contribution in [0.2, 0.25) is 0 Å². The number of nitrogens with two attached hydrogens (primary N) is 1. The maximum absolute atomic E-state index is 9.57. The minimum absolute atomic E-state index is 0.324. The Morgan fingerprint density at radius 2 is 2.14 bits per heavy atom. The Kier molecular flexibility index (Phi) is 3.21. The molecule has 0 saturated heterocycles. The highest BCUT2D eigenvalue weighted by Gasteiger charge is 2.19. The molecule has 2 nitrogen and oxygen atoms in total. The number of hydrogen-bond donors (Lipinski definition) is 2. The van der Waals surface area contributed by atoms with E-state index in [-0.39, 0.29) is 0 Å². The van der Waals surface area contributed by atoms with Crippen LogP contribution in [0, 0.1) is 0 Å². The molecule has 0 aromatic carbocycles. The molecule has 0 radical (unpaired) electrons. The molecule has 1 aromatic heterocycles. The molecule has 1 fully saturated rings. The molecule has 1 aromatic rings. The number of aliphatic hydroxyl groups excluding tert-OH is 1. The monoisotopic (exact) mass is 211 g/mol. The molecule has 1 saturated carbocycles. The molecular weight excluding hydrogens is 194 g/mol. The van der Waals surface area contributed by atoms with Crippen LogP contribution in [-0.4, -0.2) is 11.7 Å². The van der Waals surface area contributed by atoms with E-state index in [0.29, 0.717) is 6.54 Å². The van der Waals surface area contributed by atoms with E-state index in [9.17, 15) is 5.11 Å². The van der Waals surface area contributed by atoms with Gasteiger partial charge in [0.05, 0.1) is 0 Å². The number of thiophene rings is 1. The molecule has 3 heteroatoms. The molecular formula is C11H17NOS. The van der Waals surface area contributed by atoms with Crippen molar-refractivity contribution < 1.29 is 5.11 Å². The van der Waals surface area contributed by atoms with Crippen LogP contribution in [0.25, 0.3) is 0 Å². The van der Waals surface area contributed by atoms with Gasteiger partial charge in [0.15, 0.2) is 0 Å². The van der Waals surface area contributed by atoms with Gasteiger partial charge in [-0.15, -0.1) is 11.3 Å². The summed E-state index contributed by atoms with van der Waals surface area (Å²) in [4.78, 5) is 2.46. The third-order valence-corrected chi connectivity index (χ3v) is 4.31. The zero-order valence-electron chi connectivity index (χ0n) is 8.28. The summed E-state index contributed by atoms with van der Waals surface area (Å²) >= 11 is 1.73. The first-order chi connectivity index (χ1) is 6.81. The van der Waals surface area contributed by atoms with Gasteiger partial charge in [0.25, 0.3) is 0 Å². The molecule has 78 valence electrons. The fraction of sp³-hybridized carbons (Fsp3) is 0.636. The van der Waals surface area contributed by atoms with Crippen LogP contribution in [0.1, 0.15) is 47.5 Å². The third-order valence-electron chi connectivity index (χ3n) is 2.96. The van der Waals surface area contributed by atoms with Gasteiger partial charge in [-0.25, -0.2) is 0 Å². The zero-order chi connectivity index (χ0) is 9.97. The summed E-state index contributed by atoms with van der Waals surface area (Å²) in [5, 5.41) is 9.57. The van der Waals surface area contributed by atoms with Crippen molar-refractivity contribution in [1.82, 2.24) is 0 Å². The van der Waals surface area contributed by atoms with Gasteiger partial charge in [0, 0.05) is 16.3 Å². The Labute approximate surface area is 88.8 Å². The second kappa shape index (κ2) is 4.43. The predicted octanol–water partition coefficient (Wildman–Crippen LogP) is 2.40. The van der Waals surface area contributed by atoms with Crippen LogP contribution >= 0.6 is 11.3 Å². The second-order valence-corrected chi connectivity index (χ2v) is 5.12. The highest BCUT2D eigenvalue weighted by atomic mass is 32.1. The van der Waals surface area contributed by atoms with E-state index in [1.54, 1.807) is 11.3 Å². The fourth-order valence-electron chi connectivity index (χ4n) is 2.09. The average molecular weight is 211 g/mol. The van der Waals surface area contributed by atoms with Crippen molar-refractivity contribution in [2.24, 2.45) is 5.73 Å². The molecule has 1 heterocycles. The van der Waals surface area contributed by atoms with Gasteiger partial charge in [-0.3, -0.25) is 0 Å². The van der Waals surface area contributed by atoms with Gasteiger partial charge < -0.3 is 10.8 Å². The molecule has 0 amide bonds. The highest BCUT2D eigenvalue weighted by Crippen LogP contribution is 2.38. The van der Waals surface area contributed by atoms with Gasteiger partial charge in [-0.1, -0.05) is 12.8 Å². The van der Waals surface area contributed by atoms with Crippen molar-refractivity contribution in [3.05, 3.63) is 21.9 Å². The molecule has 1 atom stereocenters. The van der Waals surface area contributed by atoms with Crippen LogP contribution in [0.4, 0.5) is 0 Å². The molecule has 0 aliphatic heterocycles. The molecule has 0 spiro atoms. The van der Waals surface area contributed by atoms with Crippen LogP contribution in [0.15, 0.2) is 12.1 Å².